The number of rotatable bonds is 4. The average Bonchev–Trinajstić information content (AvgIpc) is 2.76. The fourth-order valence-corrected chi connectivity index (χ4v) is 3.79. The van der Waals surface area contributed by atoms with E-state index in [0.717, 1.165) is 5.56 Å². The Hall–Kier alpha value is -1.17. The Kier molecular flexibility index (Phi) is 4.08. The molecule has 1 unspecified atom stereocenters. The number of benzene rings is 1. The van der Waals surface area contributed by atoms with Gasteiger partial charge in [0.2, 0.25) is 0 Å². The van der Waals surface area contributed by atoms with E-state index in [9.17, 15) is 8.42 Å². The lowest BCUT2D eigenvalue weighted by atomic mass is 10.0. The number of hydrogen-bond donors (Lipinski definition) is 1. The zero-order chi connectivity index (χ0) is 14.0. The molecule has 1 aromatic carbocycles. The van der Waals surface area contributed by atoms with Gasteiger partial charge in [-0.1, -0.05) is 12.1 Å². The lowest BCUT2D eigenvalue weighted by Gasteiger charge is -2.17. The van der Waals surface area contributed by atoms with E-state index in [1.54, 1.807) is 29.5 Å². The molecular formula is C14H17NO2S2. The van der Waals surface area contributed by atoms with Crippen LogP contribution in [0.25, 0.3) is 0 Å². The van der Waals surface area contributed by atoms with E-state index in [-0.39, 0.29) is 6.04 Å². The maximum atomic E-state index is 11.6. The van der Waals surface area contributed by atoms with E-state index in [1.807, 2.05) is 13.1 Å². The average molecular weight is 295 g/mol. The summed E-state index contributed by atoms with van der Waals surface area (Å²) in [4.78, 5) is 1.58. The standard InChI is InChI=1S/C14H17NO2S2/c1-10-7-8-18-14(10)13(15-2)11-5-4-6-12(9-11)19(3,16)17/h4-9,13,15H,1-3H3. The van der Waals surface area contributed by atoms with Gasteiger partial charge in [-0.25, -0.2) is 8.42 Å². The van der Waals surface area contributed by atoms with Gasteiger partial charge in [0.05, 0.1) is 10.9 Å². The van der Waals surface area contributed by atoms with Gasteiger partial charge in [-0.3, -0.25) is 0 Å². The van der Waals surface area contributed by atoms with Crippen LogP contribution >= 0.6 is 11.3 Å². The molecule has 1 atom stereocenters. The van der Waals surface area contributed by atoms with Crippen molar-refractivity contribution in [2.75, 3.05) is 13.3 Å². The first-order valence-corrected chi connectivity index (χ1v) is 8.72. The normalized spacial score (nSPS) is 13.4. The van der Waals surface area contributed by atoms with E-state index in [4.69, 9.17) is 0 Å². The fourth-order valence-electron chi connectivity index (χ4n) is 2.05. The summed E-state index contributed by atoms with van der Waals surface area (Å²) in [6.07, 6.45) is 1.23. The second-order valence-electron chi connectivity index (χ2n) is 4.53. The summed E-state index contributed by atoms with van der Waals surface area (Å²) in [6, 6.07) is 9.23. The largest absolute Gasteiger partial charge is 0.309 e. The molecule has 102 valence electrons. The highest BCUT2D eigenvalue weighted by molar-refractivity contribution is 7.90. The monoisotopic (exact) mass is 295 g/mol. The van der Waals surface area contributed by atoms with Crippen LogP contribution in [0.15, 0.2) is 40.6 Å². The molecule has 0 aliphatic rings. The van der Waals surface area contributed by atoms with Crippen LogP contribution in [0, 0.1) is 6.92 Å². The van der Waals surface area contributed by atoms with Crippen molar-refractivity contribution >= 4 is 21.2 Å². The van der Waals surface area contributed by atoms with Crippen LogP contribution in [0.4, 0.5) is 0 Å². The molecule has 0 bridgehead atoms. The van der Waals surface area contributed by atoms with Gasteiger partial charge in [0.25, 0.3) is 0 Å². The summed E-state index contributed by atoms with van der Waals surface area (Å²) in [5.74, 6) is 0. The van der Waals surface area contributed by atoms with Gasteiger partial charge >= 0.3 is 0 Å². The highest BCUT2D eigenvalue weighted by Gasteiger charge is 2.17. The summed E-state index contributed by atoms with van der Waals surface area (Å²) in [6.45, 7) is 2.07. The molecule has 19 heavy (non-hydrogen) atoms. The maximum Gasteiger partial charge on any atom is 0.175 e. The van der Waals surface area contributed by atoms with Crippen molar-refractivity contribution in [1.29, 1.82) is 0 Å². The van der Waals surface area contributed by atoms with Crippen molar-refractivity contribution in [1.82, 2.24) is 5.32 Å². The third kappa shape index (κ3) is 3.05. The van der Waals surface area contributed by atoms with Crippen molar-refractivity contribution in [3.8, 4) is 0 Å². The first-order valence-electron chi connectivity index (χ1n) is 5.94. The van der Waals surface area contributed by atoms with Crippen molar-refractivity contribution in [2.24, 2.45) is 0 Å². The molecule has 5 heteroatoms. The Morgan fingerprint density at radius 1 is 1.26 bits per heavy atom. The predicted octanol–water partition coefficient (Wildman–Crippen LogP) is 2.77. The van der Waals surface area contributed by atoms with E-state index in [2.05, 4.69) is 23.7 Å². The number of aryl methyl sites for hydroxylation is 1. The van der Waals surface area contributed by atoms with Gasteiger partial charge in [0.1, 0.15) is 0 Å². The molecule has 1 N–H and O–H groups in total. The summed E-state index contributed by atoms with van der Waals surface area (Å²) in [5.41, 5.74) is 2.19. The minimum Gasteiger partial charge on any atom is -0.309 e. The Bertz CT molecular complexity index is 674. The quantitative estimate of drug-likeness (QED) is 0.943. The lowest BCUT2D eigenvalue weighted by molar-refractivity contribution is 0.601. The van der Waals surface area contributed by atoms with E-state index in [1.165, 1.54) is 16.7 Å². The second-order valence-corrected chi connectivity index (χ2v) is 7.50. The number of thiophene rings is 1. The first-order chi connectivity index (χ1) is 8.93. The predicted molar refractivity (Wildman–Crippen MR) is 79.5 cm³/mol. The Balaban J connectivity index is 2.48. The van der Waals surface area contributed by atoms with Gasteiger partial charge in [0, 0.05) is 11.1 Å². The minimum absolute atomic E-state index is 0.0294. The fraction of sp³-hybridized carbons (Fsp3) is 0.286. The molecule has 1 heterocycles. The Morgan fingerprint density at radius 3 is 2.53 bits per heavy atom. The highest BCUT2D eigenvalue weighted by atomic mass is 32.2. The van der Waals surface area contributed by atoms with Crippen molar-refractivity contribution in [2.45, 2.75) is 17.9 Å². The van der Waals surface area contributed by atoms with Gasteiger partial charge in [0.15, 0.2) is 9.84 Å². The molecule has 0 spiro atoms. The van der Waals surface area contributed by atoms with E-state index < -0.39 is 9.84 Å². The van der Waals surface area contributed by atoms with Crippen LogP contribution < -0.4 is 5.32 Å². The van der Waals surface area contributed by atoms with Crippen LogP contribution in [0.5, 0.6) is 0 Å². The van der Waals surface area contributed by atoms with Gasteiger partial charge in [-0.05, 0) is 48.7 Å². The van der Waals surface area contributed by atoms with Crippen LogP contribution in [0.2, 0.25) is 0 Å². The number of nitrogens with one attached hydrogen (secondary N) is 1. The Labute approximate surface area is 118 Å². The van der Waals surface area contributed by atoms with Crippen LogP contribution in [0.3, 0.4) is 0 Å². The van der Waals surface area contributed by atoms with Gasteiger partial charge in [-0.15, -0.1) is 11.3 Å². The SMILES string of the molecule is CNC(c1cccc(S(C)(=O)=O)c1)c1sccc1C. The second kappa shape index (κ2) is 5.45. The number of hydrogen-bond acceptors (Lipinski definition) is 4. The van der Waals surface area contributed by atoms with Crippen molar-refractivity contribution in [3.05, 3.63) is 51.7 Å². The maximum absolute atomic E-state index is 11.6. The van der Waals surface area contributed by atoms with Crippen LogP contribution in [0.1, 0.15) is 22.0 Å². The smallest absolute Gasteiger partial charge is 0.175 e. The van der Waals surface area contributed by atoms with Crippen molar-refractivity contribution in [3.63, 3.8) is 0 Å². The highest BCUT2D eigenvalue weighted by Crippen LogP contribution is 2.30. The third-order valence-corrected chi connectivity index (χ3v) is 5.27. The zero-order valence-corrected chi connectivity index (χ0v) is 12.8. The molecule has 0 amide bonds. The van der Waals surface area contributed by atoms with E-state index >= 15 is 0 Å². The summed E-state index contributed by atoms with van der Waals surface area (Å²) in [5, 5.41) is 5.31. The summed E-state index contributed by atoms with van der Waals surface area (Å²) in [7, 11) is -1.28. The molecule has 2 rings (SSSR count). The molecule has 0 aliphatic heterocycles. The number of sulfone groups is 1. The minimum atomic E-state index is -3.17. The molecule has 2 aromatic rings. The molecule has 0 radical (unpaired) electrons. The molecule has 0 aliphatic carbocycles. The van der Waals surface area contributed by atoms with Crippen molar-refractivity contribution < 1.29 is 8.42 Å². The zero-order valence-electron chi connectivity index (χ0n) is 11.2. The molecular weight excluding hydrogens is 278 g/mol. The summed E-state index contributed by atoms with van der Waals surface area (Å²) < 4.78 is 23.3. The van der Waals surface area contributed by atoms with E-state index in [0.29, 0.717) is 4.90 Å². The van der Waals surface area contributed by atoms with Crippen LogP contribution in [-0.2, 0) is 9.84 Å². The third-order valence-electron chi connectivity index (χ3n) is 3.07. The summed E-state index contributed by atoms with van der Waals surface area (Å²) >= 11 is 1.68. The lowest BCUT2D eigenvalue weighted by Crippen LogP contribution is -2.17. The first kappa shape index (κ1) is 14.2. The molecule has 0 fully saturated rings. The van der Waals surface area contributed by atoms with Gasteiger partial charge in [-0.2, -0.15) is 0 Å². The van der Waals surface area contributed by atoms with Crippen LogP contribution in [-0.4, -0.2) is 21.7 Å². The topological polar surface area (TPSA) is 46.2 Å². The van der Waals surface area contributed by atoms with Gasteiger partial charge < -0.3 is 5.32 Å². The molecule has 3 nitrogen and oxygen atoms in total. The molecule has 0 saturated heterocycles. The molecule has 1 aromatic heterocycles. The Morgan fingerprint density at radius 2 is 2.00 bits per heavy atom. The molecule has 0 saturated carbocycles.